The zero-order chi connectivity index (χ0) is 11.5. The average Bonchev–Trinajstić information content (AvgIpc) is 2.28. The first-order valence-corrected chi connectivity index (χ1v) is 5.70. The molecule has 0 saturated carbocycles. The number of anilines is 3. The molecule has 0 aliphatic carbocycles. The second-order valence-electron chi connectivity index (χ2n) is 3.47. The van der Waals surface area contributed by atoms with Crippen molar-refractivity contribution in [1.82, 2.24) is 4.98 Å². The lowest BCUT2D eigenvalue weighted by atomic mass is 10.2. The number of halogens is 1. The van der Waals surface area contributed by atoms with Gasteiger partial charge in [0.2, 0.25) is 0 Å². The molecule has 3 N–H and O–H groups in total. The molecule has 0 radical (unpaired) electrons. The molecular weight excluding hydrogens is 266 g/mol. The quantitative estimate of drug-likeness (QED) is 0.884. The Morgan fingerprint density at radius 1 is 1.19 bits per heavy atom. The van der Waals surface area contributed by atoms with Crippen LogP contribution in [0.3, 0.4) is 0 Å². The van der Waals surface area contributed by atoms with Crippen molar-refractivity contribution >= 4 is 33.1 Å². The van der Waals surface area contributed by atoms with E-state index in [1.807, 2.05) is 37.3 Å². The van der Waals surface area contributed by atoms with Gasteiger partial charge in [-0.05, 0) is 36.8 Å². The van der Waals surface area contributed by atoms with Crippen LogP contribution in [0.25, 0.3) is 0 Å². The number of hydrogen-bond donors (Lipinski definition) is 2. The number of aromatic nitrogens is 1. The van der Waals surface area contributed by atoms with Crippen LogP contribution >= 0.6 is 15.9 Å². The average molecular weight is 278 g/mol. The van der Waals surface area contributed by atoms with Crippen LogP contribution < -0.4 is 11.1 Å². The van der Waals surface area contributed by atoms with E-state index in [0.29, 0.717) is 5.82 Å². The van der Waals surface area contributed by atoms with Crippen LogP contribution in [-0.2, 0) is 0 Å². The number of pyridine rings is 1. The molecule has 0 amide bonds. The topological polar surface area (TPSA) is 50.9 Å². The van der Waals surface area contributed by atoms with Crippen molar-refractivity contribution in [2.75, 3.05) is 11.1 Å². The Kier molecular flexibility index (Phi) is 3.10. The summed E-state index contributed by atoms with van der Waals surface area (Å²) < 4.78 is 1.07. The van der Waals surface area contributed by atoms with Gasteiger partial charge < -0.3 is 11.1 Å². The predicted octanol–water partition coefficient (Wildman–Crippen LogP) is 3.48. The van der Waals surface area contributed by atoms with Gasteiger partial charge in [-0.25, -0.2) is 4.98 Å². The van der Waals surface area contributed by atoms with Crippen molar-refractivity contribution in [2.45, 2.75) is 6.92 Å². The molecule has 1 aromatic heterocycles. The first-order valence-electron chi connectivity index (χ1n) is 4.91. The van der Waals surface area contributed by atoms with Crippen molar-refractivity contribution in [1.29, 1.82) is 0 Å². The number of hydrogen-bond acceptors (Lipinski definition) is 3. The van der Waals surface area contributed by atoms with E-state index in [1.165, 1.54) is 0 Å². The number of benzene rings is 1. The van der Waals surface area contributed by atoms with Gasteiger partial charge in [-0.15, -0.1) is 0 Å². The summed E-state index contributed by atoms with van der Waals surface area (Å²) in [6.45, 7) is 2.04. The summed E-state index contributed by atoms with van der Waals surface area (Å²) in [7, 11) is 0. The molecule has 0 unspecified atom stereocenters. The van der Waals surface area contributed by atoms with E-state index in [-0.39, 0.29) is 0 Å². The third-order valence-electron chi connectivity index (χ3n) is 2.38. The number of nitrogens with one attached hydrogen (secondary N) is 1. The van der Waals surface area contributed by atoms with Crippen LogP contribution in [0.2, 0.25) is 0 Å². The van der Waals surface area contributed by atoms with Crippen LogP contribution in [0.15, 0.2) is 41.0 Å². The summed E-state index contributed by atoms with van der Waals surface area (Å²) in [4.78, 5) is 4.03. The van der Waals surface area contributed by atoms with Crippen molar-refractivity contribution in [3.05, 3.63) is 46.6 Å². The van der Waals surface area contributed by atoms with Gasteiger partial charge in [0.05, 0.1) is 5.69 Å². The monoisotopic (exact) mass is 277 g/mol. The van der Waals surface area contributed by atoms with Crippen molar-refractivity contribution in [2.24, 2.45) is 0 Å². The van der Waals surface area contributed by atoms with Crippen molar-refractivity contribution in [3.8, 4) is 0 Å². The third-order valence-corrected chi connectivity index (χ3v) is 3.23. The molecule has 0 aliphatic heterocycles. The normalized spacial score (nSPS) is 10.1. The Balaban J connectivity index is 2.35. The number of nitrogen functional groups attached to an aromatic ring is 1. The first-order chi connectivity index (χ1) is 7.68. The molecule has 2 aromatic rings. The van der Waals surface area contributed by atoms with E-state index in [1.54, 1.807) is 6.20 Å². The Hall–Kier alpha value is -1.55. The van der Waals surface area contributed by atoms with E-state index in [9.17, 15) is 0 Å². The van der Waals surface area contributed by atoms with Gasteiger partial charge in [-0.1, -0.05) is 22.0 Å². The highest BCUT2D eigenvalue weighted by molar-refractivity contribution is 9.10. The van der Waals surface area contributed by atoms with Gasteiger partial charge in [-0.2, -0.15) is 0 Å². The van der Waals surface area contributed by atoms with Gasteiger partial charge in [-0.3, -0.25) is 0 Å². The van der Waals surface area contributed by atoms with Crippen LogP contribution in [-0.4, -0.2) is 4.98 Å². The smallest absolute Gasteiger partial charge is 0.147 e. The van der Waals surface area contributed by atoms with Gasteiger partial charge in [0.25, 0.3) is 0 Å². The van der Waals surface area contributed by atoms with Crippen molar-refractivity contribution < 1.29 is 0 Å². The SMILES string of the molecule is Cc1c(Br)cccc1Nc1cccnc1N. The summed E-state index contributed by atoms with van der Waals surface area (Å²) in [6.07, 6.45) is 1.67. The molecule has 0 bridgehead atoms. The second-order valence-corrected chi connectivity index (χ2v) is 4.33. The third kappa shape index (κ3) is 2.17. The van der Waals surface area contributed by atoms with Crippen LogP contribution in [0, 0.1) is 6.92 Å². The van der Waals surface area contributed by atoms with E-state index in [2.05, 4.69) is 26.2 Å². The highest BCUT2D eigenvalue weighted by Crippen LogP contribution is 2.27. The summed E-state index contributed by atoms with van der Waals surface area (Å²) in [6, 6.07) is 9.75. The number of nitrogens with two attached hydrogens (primary N) is 1. The minimum absolute atomic E-state index is 0.502. The molecule has 4 heteroatoms. The predicted molar refractivity (Wildman–Crippen MR) is 70.8 cm³/mol. The maximum atomic E-state index is 5.77. The van der Waals surface area contributed by atoms with E-state index >= 15 is 0 Å². The summed E-state index contributed by atoms with van der Waals surface area (Å²) in [5.41, 5.74) is 8.76. The molecular formula is C12H12BrN3. The molecule has 0 fully saturated rings. The molecule has 3 nitrogen and oxygen atoms in total. The molecule has 0 saturated heterocycles. The van der Waals surface area contributed by atoms with E-state index in [0.717, 1.165) is 21.4 Å². The van der Waals surface area contributed by atoms with Crippen LogP contribution in [0.5, 0.6) is 0 Å². The molecule has 2 rings (SSSR count). The van der Waals surface area contributed by atoms with E-state index in [4.69, 9.17) is 5.73 Å². The van der Waals surface area contributed by atoms with Gasteiger partial charge >= 0.3 is 0 Å². The summed E-state index contributed by atoms with van der Waals surface area (Å²) >= 11 is 3.49. The number of nitrogens with zero attached hydrogens (tertiary/aromatic N) is 1. The molecule has 82 valence electrons. The Labute approximate surface area is 103 Å². The van der Waals surface area contributed by atoms with E-state index < -0.39 is 0 Å². The van der Waals surface area contributed by atoms with Gasteiger partial charge in [0.15, 0.2) is 0 Å². The summed E-state index contributed by atoms with van der Waals surface area (Å²) in [5, 5.41) is 3.26. The maximum Gasteiger partial charge on any atom is 0.147 e. The Morgan fingerprint density at radius 2 is 1.94 bits per heavy atom. The van der Waals surface area contributed by atoms with Gasteiger partial charge in [0, 0.05) is 16.4 Å². The minimum Gasteiger partial charge on any atom is -0.382 e. The lowest BCUT2D eigenvalue weighted by Gasteiger charge is -2.11. The molecule has 1 aromatic carbocycles. The molecule has 0 atom stereocenters. The molecule has 1 heterocycles. The Bertz CT molecular complexity index is 511. The minimum atomic E-state index is 0.502. The zero-order valence-corrected chi connectivity index (χ0v) is 10.5. The van der Waals surface area contributed by atoms with Crippen LogP contribution in [0.4, 0.5) is 17.2 Å². The fourth-order valence-electron chi connectivity index (χ4n) is 1.41. The standard InChI is InChI=1S/C12H12BrN3/c1-8-9(13)4-2-5-10(8)16-11-6-3-7-15-12(11)14/h2-7,16H,1H3,(H2,14,15). The summed E-state index contributed by atoms with van der Waals surface area (Å²) in [5.74, 6) is 0.502. The maximum absolute atomic E-state index is 5.77. The van der Waals surface area contributed by atoms with Gasteiger partial charge in [0.1, 0.15) is 5.82 Å². The zero-order valence-electron chi connectivity index (χ0n) is 8.87. The fourth-order valence-corrected chi connectivity index (χ4v) is 1.78. The fraction of sp³-hybridized carbons (Fsp3) is 0.0833. The lowest BCUT2D eigenvalue weighted by Crippen LogP contribution is -1.99. The molecule has 16 heavy (non-hydrogen) atoms. The molecule has 0 spiro atoms. The largest absolute Gasteiger partial charge is 0.382 e. The Morgan fingerprint density at radius 3 is 2.69 bits per heavy atom. The van der Waals surface area contributed by atoms with Crippen LogP contribution in [0.1, 0.15) is 5.56 Å². The second kappa shape index (κ2) is 4.53. The highest BCUT2D eigenvalue weighted by atomic mass is 79.9. The first kappa shape index (κ1) is 11.0. The van der Waals surface area contributed by atoms with Crippen molar-refractivity contribution in [3.63, 3.8) is 0 Å². The highest BCUT2D eigenvalue weighted by Gasteiger charge is 2.04. The lowest BCUT2D eigenvalue weighted by molar-refractivity contribution is 1.32. The number of rotatable bonds is 2. The molecule has 0 aliphatic rings.